The van der Waals surface area contributed by atoms with Crippen molar-refractivity contribution >= 4 is 53.1 Å². The molecular weight excluding hydrogens is 467 g/mol. The molecule has 2 rings (SSSR count). The molecule has 1 heterocycles. The molecule has 174 valence electrons. The first-order valence-corrected chi connectivity index (χ1v) is 9.85. The van der Waals surface area contributed by atoms with Gasteiger partial charge >= 0.3 is 0 Å². The smallest absolute Gasteiger partial charge is 0.270 e. The van der Waals surface area contributed by atoms with E-state index in [0.29, 0.717) is 24.1 Å². The van der Waals surface area contributed by atoms with Crippen LogP contribution in [0, 0.1) is 0 Å². The molecule has 12 heteroatoms. The lowest BCUT2D eigenvalue weighted by Crippen LogP contribution is -2.36. The monoisotopic (exact) mass is 494 g/mol. The van der Waals surface area contributed by atoms with Crippen molar-refractivity contribution in [3.05, 3.63) is 28.8 Å². The second-order valence-electron chi connectivity index (χ2n) is 6.55. The molecule has 1 aromatic carbocycles. The number of hydrogen-bond acceptors (Lipinski definition) is 8. The zero-order valence-corrected chi connectivity index (χ0v) is 20.4. The van der Waals surface area contributed by atoms with Crippen LogP contribution in [0.3, 0.4) is 0 Å². The number of phenols is 1. The van der Waals surface area contributed by atoms with E-state index in [9.17, 15) is 14.7 Å². The number of methoxy groups -OCH3 is 2. The topological polar surface area (TPSA) is 113 Å². The summed E-state index contributed by atoms with van der Waals surface area (Å²) in [6.07, 6.45) is 0. The average molecular weight is 495 g/mol. The summed E-state index contributed by atoms with van der Waals surface area (Å²) in [5.74, 6) is -0.543. The van der Waals surface area contributed by atoms with Gasteiger partial charge in [0.15, 0.2) is 16.6 Å². The van der Waals surface area contributed by atoms with Crippen LogP contribution in [0.15, 0.2) is 17.5 Å². The molecule has 0 spiro atoms. The fraction of sp³-hybridized carbons (Fsp3) is 0.421. The lowest BCUT2D eigenvalue weighted by atomic mass is 10.1. The van der Waals surface area contributed by atoms with Crippen LogP contribution in [0.4, 0.5) is 5.13 Å². The van der Waals surface area contributed by atoms with Crippen LogP contribution in [0.5, 0.6) is 17.2 Å². The number of aromatic hydroxyl groups is 1. The number of aromatic nitrogens is 1. The summed E-state index contributed by atoms with van der Waals surface area (Å²) < 4.78 is 10.2. The predicted molar refractivity (Wildman–Crippen MR) is 126 cm³/mol. The fourth-order valence-corrected chi connectivity index (χ4v) is 3.03. The number of phenolic OH excluding ortho intramolecular Hbond substituents is 1. The molecule has 3 N–H and O–H groups in total. The lowest BCUT2D eigenvalue weighted by molar-refractivity contribution is 0.0942. The van der Waals surface area contributed by atoms with Crippen molar-refractivity contribution in [1.29, 1.82) is 0 Å². The molecule has 0 aliphatic rings. The fourth-order valence-electron chi connectivity index (χ4n) is 2.34. The maximum Gasteiger partial charge on any atom is 0.270 e. The molecule has 0 saturated carbocycles. The molecule has 0 radical (unpaired) electrons. The SMILES string of the molecule is COc1cc(O)c(C(=O)Nc2nc(C(=O)NCCN(C)C(C)C)cs2)cc1OC.Cl.Cl. The van der Waals surface area contributed by atoms with E-state index in [1.807, 2.05) is 7.05 Å². The van der Waals surface area contributed by atoms with Gasteiger partial charge in [-0.1, -0.05) is 0 Å². The van der Waals surface area contributed by atoms with Gasteiger partial charge in [0.2, 0.25) is 0 Å². The third kappa shape index (κ3) is 7.73. The van der Waals surface area contributed by atoms with Crippen molar-refractivity contribution in [3.63, 3.8) is 0 Å². The molecule has 0 aliphatic heterocycles. The van der Waals surface area contributed by atoms with Crippen LogP contribution in [0.25, 0.3) is 0 Å². The van der Waals surface area contributed by atoms with Gasteiger partial charge in [-0.15, -0.1) is 36.2 Å². The maximum atomic E-state index is 12.5. The van der Waals surface area contributed by atoms with E-state index in [0.717, 1.165) is 17.9 Å². The van der Waals surface area contributed by atoms with Crippen molar-refractivity contribution in [1.82, 2.24) is 15.2 Å². The van der Waals surface area contributed by atoms with Crippen LogP contribution >= 0.6 is 36.2 Å². The number of nitrogens with zero attached hydrogens (tertiary/aromatic N) is 2. The molecule has 0 atom stereocenters. The minimum Gasteiger partial charge on any atom is -0.507 e. The van der Waals surface area contributed by atoms with Gasteiger partial charge in [-0.3, -0.25) is 14.9 Å². The zero-order valence-electron chi connectivity index (χ0n) is 17.9. The molecule has 31 heavy (non-hydrogen) atoms. The van der Waals surface area contributed by atoms with Crippen LogP contribution < -0.4 is 20.1 Å². The standard InChI is InChI=1S/C19H26N4O5S.2ClH/c1-11(2)23(3)7-6-20-18(26)13-10-29-19(21-13)22-17(25)12-8-15(27-4)16(28-5)9-14(12)24;;/h8-11,24H,6-7H2,1-5H3,(H,20,26)(H,21,22,25);2*1H. The number of carbonyl (C=O) groups is 2. The number of nitrogens with one attached hydrogen (secondary N) is 2. The van der Waals surface area contributed by atoms with Gasteiger partial charge in [0.1, 0.15) is 11.4 Å². The lowest BCUT2D eigenvalue weighted by Gasteiger charge is -2.20. The van der Waals surface area contributed by atoms with Gasteiger partial charge in [-0.25, -0.2) is 4.98 Å². The molecule has 0 aliphatic carbocycles. The van der Waals surface area contributed by atoms with Gasteiger partial charge in [0.05, 0.1) is 19.8 Å². The third-order valence-corrected chi connectivity index (χ3v) is 5.09. The summed E-state index contributed by atoms with van der Waals surface area (Å²) in [6.45, 7) is 5.36. The van der Waals surface area contributed by atoms with Crippen molar-refractivity contribution in [3.8, 4) is 17.2 Å². The second kappa shape index (κ2) is 13.2. The zero-order chi connectivity index (χ0) is 21.6. The van der Waals surface area contributed by atoms with Crippen molar-refractivity contribution in [2.75, 3.05) is 39.7 Å². The number of benzene rings is 1. The van der Waals surface area contributed by atoms with Gasteiger partial charge in [0, 0.05) is 36.6 Å². The Morgan fingerprint density at radius 3 is 2.35 bits per heavy atom. The first kappa shape index (κ1) is 28.7. The number of hydrogen-bond donors (Lipinski definition) is 3. The number of carbonyl (C=O) groups excluding carboxylic acids is 2. The molecule has 1 aromatic heterocycles. The highest BCUT2D eigenvalue weighted by atomic mass is 35.5. The number of amides is 2. The third-order valence-electron chi connectivity index (χ3n) is 4.34. The Balaban J connectivity index is 0.00000450. The van der Waals surface area contributed by atoms with E-state index in [-0.39, 0.29) is 52.9 Å². The van der Waals surface area contributed by atoms with E-state index in [1.54, 1.807) is 5.38 Å². The summed E-state index contributed by atoms with van der Waals surface area (Å²) in [6, 6.07) is 3.06. The number of anilines is 1. The molecular formula is C19H28Cl2N4O5S. The van der Waals surface area contributed by atoms with Gasteiger partial charge in [0.25, 0.3) is 11.8 Å². The number of ether oxygens (including phenoxy) is 2. The van der Waals surface area contributed by atoms with E-state index >= 15 is 0 Å². The molecule has 0 bridgehead atoms. The summed E-state index contributed by atoms with van der Waals surface area (Å²) >= 11 is 1.12. The van der Waals surface area contributed by atoms with E-state index in [2.05, 4.69) is 34.4 Å². The van der Waals surface area contributed by atoms with Gasteiger partial charge < -0.3 is 24.8 Å². The molecule has 0 unspecified atom stereocenters. The molecule has 0 fully saturated rings. The Bertz CT molecular complexity index is 879. The Labute approximate surface area is 198 Å². The Hall–Kier alpha value is -2.27. The summed E-state index contributed by atoms with van der Waals surface area (Å²) in [5.41, 5.74) is 0.217. The molecule has 2 aromatic rings. The first-order valence-electron chi connectivity index (χ1n) is 8.97. The Morgan fingerprint density at radius 2 is 1.77 bits per heavy atom. The van der Waals surface area contributed by atoms with Crippen molar-refractivity contribution < 1.29 is 24.2 Å². The summed E-state index contributed by atoms with van der Waals surface area (Å²) in [7, 11) is 4.85. The normalized spacial score (nSPS) is 10.2. The van der Waals surface area contributed by atoms with E-state index in [1.165, 1.54) is 26.4 Å². The number of likely N-dealkylation sites (N-methyl/N-ethyl adjacent to an activating group) is 1. The molecule has 2 amide bonds. The quantitative estimate of drug-likeness (QED) is 0.490. The van der Waals surface area contributed by atoms with Gasteiger partial charge in [-0.05, 0) is 20.9 Å². The largest absolute Gasteiger partial charge is 0.507 e. The van der Waals surface area contributed by atoms with Crippen molar-refractivity contribution in [2.45, 2.75) is 19.9 Å². The molecule has 9 nitrogen and oxygen atoms in total. The average Bonchev–Trinajstić information content (AvgIpc) is 3.15. The minimum atomic E-state index is -0.580. The highest BCUT2D eigenvalue weighted by Crippen LogP contribution is 2.34. The first-order chi connectivity index (χ1) is 13.8. The predicted octanol–water partition coefficient (Wildman–Crippen LogP) is 3.03. The highest BCUT2D eigenvalue weighted by molar-refractivity contribution is 7.14. The molecule has 0 saturated heterocycles. The van der Waals surface area contributed by atoms with E-state index < -0.39 is 5.91 Å². The number of thiazole rings is 1. The Kier molecular flexibility index (Phi) is 12.2. The highest BCUT2D eigenvalue weighted by Gasteiger charge is 2.19. The van der Waals surface area contributed by atoms with Crippen LogP contribution in [-0.2, 0) is 0 Å². The maximum absolute atomic E-state index is 12.5. The second-order valence-corrected chi connectivity index (χ2v) is 7.40. The van der Waals surface area contributed by atoms with Crippen LogP contribution in [-0.4, -0.2) is 67.2 Å². The minimum absolute atomic E-state index is 0. The van der Waals surface area contributed by atoms with E-state index in [4.69, 9.17) is 9.47 Å². The Morgan fingerprint density at radius 1 is 1.16 bits per heavy atom. The summed E-state index contributed by atoms with van der Waals surface area (Å²) in [5, 5.41) is 17.3. The number of rotatable bonds is 9. The van der Waals surface area contributed by atoms with Crippen LogP contribution in [0.2, 0.25) is 0 Å². The van der Waals surface area contributed by atoms with Gasteiger partial charge in [-0.2, -0.15) is 0 Å². The summed E-state index contributed by atoms with van der Waals surface area (Å²) in [4.78, 5) is 30.9. The van der Waals surface area contributed by atoms with Crippen LogP contribution in [0.1, 0.15) is 34.7 Å². The number of halogens is 2. The van der Waals surface area contributed by atoms with Crippen molar-refractivity contribution in [2.24, 2.45) is 0 Å².